The molecule has 0 bridgehead atoms. The van der Waals surface area contributed by atoms with Crippen LogP contribution in [0, 0.1) is 11.2 Å². The van der Waals surface area contributed by atoms with Gasteiger partial charge >= 0.3 is 0 Å². The van der Waals surface area contributed by atoms with Crippen molar-refractivity contribution < 1.29 is 9.13 Å². The highest BCUT2D eigenvalue weighted by Crippen LogP contribution is 2.51. The van der Waals surface area contributed by atoms with Gasteiger partial charge in [-0.15, -0.1) is 0 Å². The normalized spacial score (nSPS) is 28.8. The highest BCUT2D eigenvalue weighted by Gasteiger charge is 2.50. The topological polar surface area (TPSA) is 33.6 Å². The fourth-order valence-electron chi connectivity index (χ4n) is 5.49. The molecule has 1 saturated heterocycles. The summed E-state index contributed by atoms with van der Waals surface area (Å²) in [5.41, 5.74) is 1.54. The van der Waals surface area contributed by atoms with E-state index in [0.29, 0.717) is 6.04 Å². The van der Waals surface area contributed by atoms with Gasteiger partial charge in [-0.2, -0.15) is 0 Å². The Labute approximate surface area is 168 Å². The van der Waals surface area contributed by atoms with Crippen LogP contribution in [0.2, 0.25) is 0 Å². The summed E-state index contributed by atoms with van der Waals surface area (Å²) in [5.74, 6) is -0.166. The third-order valence-electron chi connectivity index (χ3n) is 7.05. The molecule has 2 heterocycles. The van der Waals surface area contributed by atoms with Crippen LogP contribution in [0.4, 0.5) is 4.39 Å². The Bertz CT molecular complexity index is 693. The number of dihydropyridines is 1. The predicted octanol–water partition coefficient (Wildman–Crippen LogP) is 4.86. The molecule has 3 nitrogen and oxygen atoms in total. The first-order valence-electron chi connectivity index (χ1n) is 11.0. The Morgan fingerprint density at radius 3 is 2.68 bits per heavy atom. The second-order valence-corrected chi connectivity index (χ2v) is 8.88. The number of ether oxygens (including phenoxy) is 1. The third-order valence-corrected chi connectivity index (χ3v) is 7.05. The minimum absolute atomic E-state index is 0.114. The van der Waals surface area contributed by atoms with Gasteiger partial charge in [0.25, 0.3) is 0 Å². The van der Waals surface area contributed by atoms with Crippen molar-refractivity contribution in [3.05, 3.63) is 47.8 Å². The van der Waals surface area contributed by atoms with Gasteiger partial charge in [-0.25, -0.2) is 4.39 Å². The van der Waals surface area contributed by atoms with Crippen LogP contribution in [0.3, 0.4) is 0 Å². The van der Waals surface area contributed by atoms with Crippen molar-refractivity contribution in [2.45, 2.75) is 69.4 Å². The van der Waals surface area contributed by atoms with Crippen LogP contribution in [0.25, 0.3) is 0 Å². The van der Waals surface area contributed by atoms with E-state index in [-0.39, 0.29) is 16.8 Å². The van der Waals surface area contributed by atoms with E-state index in [1.165, 1.54) is 31.2 Å². The Hall–Kier alpha value is -1.52. The van der Waals surface area contributed by atoms with Crippen molar-refractivity contribution in [1.82, 2.24) is 5.32 Å². The van der Waals surface area contributed by atoms with Gasteiger partial charge in [0.15, 0.2) is 0 Å². The van der Waals surface area contributed by atoms with E-state index in [1.54, 1.807) is 12.1 Å². The molecule has 1 spiro atoms. The highest BCUT2D eigenvalue weighted by molar-refractivity contribution is 5.72. The van der Waals surface area contributed by atoms with Crippen LogP contribution in [-0.2, 0) is 11.2 Å². The number of nitrogens with zero attached hydrogens (tertiary/aromatic N) is 1. The molecule has 1 saturated carbocycles. The summed E-state index contributed by atoms with van der Waals surface area (Å²) in [6.07, 6.45) is 16.8. The van der Waals surface area contributed by atoms with Crippen molar-refractivity contribution in [2.24, 2.45) is 10.4 Å². The maximum absolute atomic E-state index is 13.0. The number of allylic oxidation sites excluding steroid dienone is 1. The molecule has 4 rings (SSSR count). The number of halogens is 1. The minimum atomic E-state index is -0.166. The monoisotopic (exact) mass is 384 g/mol. The van der Waals surface area contributed by atoms with Gasteiger partial charge in [0, 0.05) is 12.8 Å². The first-order chi connectivity index (χ1) is 13.7. The molecule has 0 radical (unpaired) electrons. The molecule has 1 aromatic carbocycles. The second kappa shape index (κ2) is 8.87. The molecule has 3 aliphatic rings. The van der Waals surface area contributed by atoms with Crippen LogP contribution in [0.1, 0.15) is 56.9 Å². The number of hydrogen-bond acceptors (Lipinski definition) is 3. The molecule has 4 heteroatoms. The quantitative estimate of drug-likeness (QED) is 0.681. The highest BCUT2D eigenvalue weighted by atomic mass is 19.1. The Balaban J connectivity index is 1.35. The first kappa shape index (κ1) is 19.8. The van der Waals surface area contributed by atoms with Gasteiger partial charge < -0.3 is 10.1 Å². The maximum Gasteiger partial charge on any atom is 0.123 e. The first-order valence-corrected chi connectivity index (χ1v) is 11.0. The number of aliphatic imine (C=N–C) groups is 1. The maximum atomic E-state index is 13.0. The summed E-state index contributed by atoms with van der Waals surface area (Å²) < 4.78 is 19.4. The molecule has 28 heavy (non-hydrogen) atoms. The Morgan fingerprint density at radius 2 is 1.93 bits per heavy atom. The number of rotatable bonds is 7. The summed E-state index contributed by atoms with van der Waals surface area (Å²) in [6.45, 7) is 2.81. The van der Waals surface area contributed by atoms with Gasteiger partial charge in [-0.3, -0.25) is 4.99 Å². The van der Waals surface area contributed by atoms with Gasteiger partial charge in [0.2, 0.25) is 0 Å². The number of nitrogens with one attached hydrogen (secondary N) is 1. The van der Waals surface area contributed by atoms with Crippen molar-refractivity contribution in [1.29, 1.82) is 0 Å². The van der Waals surface area contributed by atoms with E-state index in [1.807, 2.05) is 18.3 Å². The standard InChI is InChI=1S/C24H33FN2O/c25-21-8-6-20(7-9-21)10-16-26-17-13-23(22-5-1-4-15-27-22)14-18-28-24(19-23)11-2-3-12-24/h1,4,6-9,15,22,26H,2-3,5,10-14,16-19H2. The zero-order valence-electron chi connectivity index (χ0n) is 16.8. The SMILES string of the molecule is Fc1ccc(CCNCCC2(C3CC=CC=N3)CCOC3(CCCC3)C2)cc1. The molecule has 2 aliphatic heterocycles. The summed E-state index contributed by atoms with van der Waals surface area (Å²) in [7, 11) is 0. The Kier molecular flexibility index (Phi) is 6.27. The molecule has 152 valence electrons. The van der Waals surface area contributed by atoms with Gasteiger partial charge in [0.05, 0.1) is 11.6 Å². The van der Waals surface area contributed by atoms with Crippen LogP contribution >= 0.6 is 0 Å². The lowest BCUT2D eigenvalue weighted by Crippen LogP contribution is -2.50. The van der Waals surface area contributed by atoms with Crippen LogP contribution in [0.5, 0.6) is 0 Å². The molecular formula is C24H33FN2O. The van der Waals surface area contributed by atoms with E-state index < -0.39 is 0 Å². The average molecular weight is 385 g/mol. The fourth-order valence-corrected chi connectivity index (χ4v) is 5.49. The summed E-state index contributed by atoms with van der Waals surface area (Å²) >= 11 is 0. The average Bonchev–Trinajstić information content (AvgIpc) is 3.17. The minimum Gasteiger partial charge on any atom is -0.375 e. The van der Waals surface area contributed by atoms with Crippen molar-refractivity contribution >= 4 is 6.21 Å². The molecule has 1 aromatic rings. The van der Waals surface area contributed by atoms with Crippen molar-refractivity contribution in [3.8, 4) is 0 Å². The molecule has 2 fully saturated rings. The lowest BCUT2D eigenvalue weighted by atomic mass is 9.65. The molecule has 0 aromatic heterocycles. The van der Waals surface area contributed by atoms with E-state index >= 15 is 0 Å². The fraction of sp³-hybridized carbons (Fsp3) is 0.625. The number of hydrogen-bond donors (Lipinski definition) is 1. The third kappa shape index (κ3) is 4.55. The summed E-state index contributed by atoms with van der Waals surface area (Å²) in [5, 5.41) is 3.63. The van der Waals surface area contributed by atoms with Crippen LogP contribution in [-0.4, -0.2) is 37.6 Å². The molecule has 1 N–H and O–H groups in total. The number of benzene rings is 1. The lowest BCUT2D eigenvalue weighted by molar-refractivity contribution is -0.130. The van der Waals surface area contributed by atoms with E-state index in [4.69, 9.17) is 9.73 Å². The zero-order chi connectivity index (χ0) is 19.3. The van der Waals surface area contributed by atoms with Crippen LogP contribution < -0.4 is 5.32 Å². The van der Waals surface area contributed by atoms with Gasteiger partial charge in [0.1, 0.15) is 5.82 Å². The molecule has 1 aliphatic carbocycles. The van der Waals surface area contributed by atoms with E-state index in [2.05, 4.69) is 17.5 Å². The largest absolute Gasteiger partial charge is 0.375 e. The molecule has 2 unspecified atom stereocenters. The zero-order valence-corrected chi connectivity index (χ0v) is 16.8. The molecule has 0 amide bonds. The molecule has 2 atom stereocenters. The summed E-state index contributed by atoms with van der Waals surface area (Å²) in [4.78, 5) is 4.90. The Morgan fingerprint density at radius 1 is 1.11 bits per heavy atom. The second-order valence-electron chi connectivity index (χ2n) is 8.88. The molecular weight excluding hydrogens is 351 g/mol. The van der Waals surface area contributed by atoms with Crippen LogP contribution in [0.15, 0.2) is 41.4 Å². The smallest absolute Gasteiger partial charge is 0.123 e. The predicted molar refractivity (Wildman–Crippen MR) is 112 cm³/mol. The van der Waals surface area contributed by atoms with Crippen molar-refractivity contribution in [3.63, 3.8) is 0 Å². The lowest BCUT2D eigenvalue weighted by Gasteiger charge is -2.49. The van der Waals surface area contributed by atoms with Gasteiger partial charge in [-0.05, 0) is 87.2 Å². The van der Waals surface area contributed by atoms with E-state index in [0.717, 1.165) is 51.8 Å². The summed E-state index contributed by atoms with van der Waals surface area (Å²) in [6, 6.07) is 7.23. The van der Waals surface area contributed by atoms with Crippen molar-refractivity contribution in [2.75, 3.05) is 19.7 Å². The van der Waals surface area contributed by atoms with E-state index in [9.17, 15) is 4.39 Å². The van der Waals surface area contributed by atoms with Gasteiger partial charge in [-0.1, -0.05) is 31.1 Å².